The highest BCUT2D eigenvalue weighted by molar-refractivity contribution is 5.91. The lowest BCUT2D eigenvalue weighted by Crippen LogP contribution is -2.09. The zero-order valence-corrected chi connectivity index (χ0v) is 22.4. The van der Waals surface area contributed by atoms with Crippen LogP contribution in [0.5, 0.6) is 11.5 Å². The number of hydrogen-bond donors (Lipinski definition) is 0. The van der Waals surface area contributed by atoms with Gasteiger partial charge in [-0.05, 0) is 60.2 Å². The molecule has 37 heavy (non-hydrogen) atoms. The maximum Gasteiger partial charge on any atom is 0.343 e. The van der Waals surface area contributed by atoms with Crippen molar-refractivity contribution < 1.29 is 18.7 Å². The van der Waals surface area contributed by atoms with Crippen molar-refractivity contribution in [2.75, 3.05) is 6.61 Å². The molecule has 0 amide bonds. The maximum atomic E-state index is 14.5. The lowest BCUT2D eigenvalue weighted by Gasteiger charge is -2.10. The molecule has 3 aromatic carbocycles. The average Bonchev–Trinajstić information content (AvgIpc) is 2.92. The van der Waals surface area contributed by atoms with E-state index in [0.717, 1.165) is 30.4 Å². The van der Waals surface area contributed by atoms with Crippen LogP contribution in [0.4, 0.5) is 4.39 Å². The highest BCUT2D eigenvalue weighted by Crippen LogP contribution is 2.25. The fourth-order valence-corrected chi connectivity index (χ4v) is 4.30. The first-order valence-electron chi connectivity index (χ1n) is 13.9. The lowest BCUT2D eigenvalue weighted by molar-refractivity contribution is 0.0727. The lowest BCUT2D eigenvalue weighted by atomic mass is 10.00. The Balaban J connectivity index is 1.49. The number of unbranched alkanes of at least 4 members (excludes halogenated alkanes) is 8. The Morgan fingerprint density at radius 1 is 0.703 bits per heavy atom. The van der Waals surface area contributed by atoms with E-state index in [1.165, 1.54) is 69.1 Å². The van der Waals surface area contributed by atoms with Gasteiger partial charge in [0.15, 0.2) is 11.6 Å². The van der Waals surface area contributed by atoms with E-state index >= 15 is 0 Å². The normalized spacial score (nSPS) is 10.9. The molecule has 3 rings (SSSR count). The number of halogens is 1. The van der Waals surface area contributed by atoms with Gasteiger partial charge in [-0.25, -0.2) is 9.18 Å². The zero-order chi connectivity index (χ0) is 26.3. The molecule has 0 spiro atoms. The Bertz CT molecular complexity index is 1070. The molecule has 0 fully saturated rings. The van der Waals surface area contributed by atoms with Gasteiger partial charge in [0.1, 0.15) is 5.75 Å². The molecule has 0 saturated heterocycles. The molecule has 198 valence electrons. The predicted octanol–water partition coefficient (Wildman–Crippen LogP) is 9.57. The number of carbonyl (C=O) groups excluding carboxylic acids is 1. The van der Waals surface area contributed by atoms with E-state index < -0.39 is 11.8 Å². The molecule has 0 saturated carbocycles. The number of benzene rings is 3. The van der Waals surface area contributed by atoms with Crippen LogP contribution in [0.1, 0.15) is 94.0 Å². The van der Waals surface area contributed by atoms with Crippen molar-refractivity contribution in [1.29, 1.82) is 0 Å². The van der Waals surface area contributed by atoms with Crippen LogP contribution < -0.4 is 9.47 Å². The molecule has 0 aliphatic carbocycles. The Morgan fingerprint density at radius 3 is 1.92 bits per heavy atom. The van der Waals surface area contributed by atoms with Crippen LogP contribution in [0.3, 0.4) is 0 Å². The Hall–Kier alpha value is -3.14. The first-order valence-corrected chi connectivity index (χ1v) is 13.9. The molecule has 0 aromatic heterocycles. The van der Waals surface area contributed by atoms with Crippen LogP contribution >= 0.6 is 0 Å². The maximum absolute atomic E-state index is 14.5. The van der Waals surface area contributed by atoms with Crippen molar-refractivity contribution in [2.24, 2.45) is 0 Å². The standard InChI is InChI=1S/C33H41FO3/c1-3-5-7-9-11-13-26-14-16-27(17-15-26)28-18-20-29(21-19-28)33(35)37-32-23-22-30(25-31(32)34)36-24-12-10-8-6-4-2/h14-23,25H,3-13,24H2,1-2H3. The summed E-state index contributed by atoms with van der Waals surface area (Å²) in [5.74, 6) is -0.860. The summed E-state index contributed by atoms with van der Waals surface area (Å²) >= 11 is 0. The van der Waals surface area contributed by atoms with Gasteiger partial charge in [0, 0.05) is 6.07 Å². The van der Waals surface area contributed by atoms with Crippen molar-refractivity contribution in [1.82, 2.24) is 0 Å². The quantitative estimate of drug-likeness (QED) is 0.111. The van der Waals surface area contributed by atoms with Crippen molar-refractivity contribution >= 4 is 5.97 Å². The van der Waals surface area contributed by atoms with Gasteiger partial charge in [-0.15, -0.1) is 0 Å². The summed E-state index contributed by atoms with van der Waals surface area (Å²) < 4.78 is 25.4. The second-order valence-corrected chi connectivity index (χ2v) is 9.68. The Labute approximate surface area is 222 Å². The summed E-state index contributed by atoms with van der Waals surface area (Å²) in [4.78, 5) is 12.6. The van der Waals surface area contributed by atoms with Crippen molar-refractivity contribution in [3.05, 3.63) is 83.7 Å². The van der Waals surface area contributed by atoms with E-state index in [1.54, 1.807) is 18.2 Å². The van der Waals surface area contributed by atoms with Crippen LogP contribution in [0.25, 0.3) is 11.1 Å². The average molecular weight is 505 g/mol. The molecule has 0 aliphatic rings. The fourth-order valence-electron chi connectivity index (χ4n) is 4.30. The molecule has 3 aromatic rings. The number of rotatable bonds is 16. The van der Waals surface area contributed by atoms with Gasteiger partial charge in [0.05, 0.1) is 12.2 Å². The number of ether oxygens (including phenoxy) is 2. The van der Waals surface area contributed by atoms with Gasteiger partial charge in [0.25, 0.3) is 0 Å². The summed E-state index contributed by atoms with van der Waals surface area (Å²) in [6.45, 7) is 4.97. The van der Waals surface area contributed by atoms with Crippen LogP contribution in [0.15, 0.2) is 66.7 Å². The van der Waals surface area contributed by atoms with Crippen LogP contribution in [0.2, 0.25) is 0 Å². The van der Waals surface area contributed by atoms with E-state index in [9.17, 15) is 9.18 Å². The largest absolute Gasteiger partial charge is 0.493 e. The van der Waals surface area contributed by atoms with Crippen LogP contribution in [-0.2, 0) is 6.42 Å². The molecule has 0 atom stereocenters. The Kier molecular flexibility index (Phi) is 12.2. The summed E-state index contributed by atoms with van der Waals surface area (Å²) in [6, 6.07) is 20.2. The number of hydrogen-bond acceptors (Lipinski definition) is 3. The fraction of sp³-hybridized carbons (Fsp3) is 0.424. The third kappa shape index (κ3) is 9.68. The first kappa shape index (κ1) is 28.4. The second kappa shape index (κ2) is 15.9. The topological polar surface area (TPSA) is 35.5 Å². The number of carbonyl (C=O) groups is 1. The molecule has 0 heterocycles. The van der Waals surface area contributed by atoms with Gasteiger partial charge in [0.2, 0.25) is 0 Å². The third-order valence-corrected chi connectivity index (χ3v) is 6.60. The van der Waals surface area contributed by atoms with Gasteiger partial charge in [-0.3, -0.25) is 0 Å². The summed E-state index contributed by atoms with van der Waals surface area (Å²) in [6.07, 6.45) is 13.2. The molecule has 0 radical (unpaired) electrons. The molecule has 0 unspecified atom stereocenters. The molecular weight excluding hydrogens is 463 g/mol. The molecule has 4 heteroatoms. The van der Waals surface area contributed by atoms with E-state index in [-0.39, 0.29) is 5.75 Å². The summed E-state index contributed by atoms with van der Waals surface area (Å²) in [7, 11) is 0. The minimum absolute atomic E-state index is 0.102. The van der Waals surface area contributed by atoms with E-state index in [1.807, 2.05) is 12.1 Å². The van der Waals surface area contributed by atoms with Crippen molar-refractivity contribution in [3.8, 4) is 22.6 Å². The highest BCUT2D eigenvalue weighted by Gasteiger charge is 2.13. The molecular formula is C33H41FO3. The highest BCUT2D eigenvalue weighted by atomic mass is 19.1. The predicted molar refractivity (Wildman–Crippen MR) is 150 cm³/mol. The minimum atomic E-state index is -0.612. The molecule has 0 aliphatic heterocycles. The van der Waals surface area contributed by atoms with Crippen molar-refractivity contribution in [2.45, 2.75) is 84.5 Å². The number of aryl methyl sites for hydroxylation is 1. The van der Waals surface area contributed by atoms with E-state index in [0.29, 0.717) is 17.9 Å². The summed E-state index contributed by atoms with van der Waals surface area (Å²) in [5.41, 5.74) is 3.85. The van der Waals surface area contributed by atoms with E-state index in [2.05, 4.69) is 38.1 Å². The van der Waals surface area contributed by atoms with Crippen molar-refractivity contribution in [3.63, 3.8) is 0 Å². The first-order chi connectivity index (χ1) is 18.1. The van der Waals surface area contributed by atoms with Gasteiger partial charge < -0.3 is 9.47 Å². The summed E-state index contributed by atoms with van der Waals surface area (Å²) in [5, 5.41) is 0. The van der Waals surface area contributed by atoms with Gasteiger partial charge in [-0.2, -0.15) is 0 Å². The monoisotopic (exact) mass is 504 g/mol. The molecule has 0 N–H and O–H groups in total. The van der Waals surface area contributed by atoms with Gasteiger partial charge in [-0.1, -0.05) is 102 Å². The van der Waals surface area contributed by atoms with Gasteiger partial charge >= 0.3 is 5.97 Å². The van der Waals surface area contributed by atoms with Crippen LogP contribution in [-0.4, -0.2) is 12.6 Å². The molecule has 3 nitrogen and oxygen atoms in total. The van der Waals surface area contributed by atoms with Crippen LogP contribution in [0, 0.1) is 5.82 Å². The minimum Gasteiger partial charge on any atom is -0.493 e. The zero-order valence-electron chi connectivity index (χ0n) is 22.4. The Morgan fingerprint density at radius 2 is 1.30 bits per heavy atom. The SMILES string of the molecule is CCCCCCCOc1ccc(OC(=O)c2ccc(-c3ccc(CCCCCCC)cc3)cc2)c(F)c1. The number of esters is 1. The second-order valence-electron chi connectivity index (χ2n) is 9.68. The molecule has 0 bridgehead atoms. The third-order valence-electron chi connectivity index (χ3n) is 6.60. The van der Waals surface area contributed by atoms with E-state index in [4.69, 9.17) is 9.47 Å². The smallest absolute Gasteiger partial charge is 0.343 e.